The molecule has 0 aromatic carbocycles. The minimum absolute atomic E-state index is 0.496. The molecule has 3 aliphatic rings. The molecular formula is C20H29NS. The Balaban J connectivity index is 1.59. The molecule has 3 aliphatic carbocycles. The molecule has 0 radical (unpaired) electrons. The van der Waals surface area contributed by atoms with Crippen LogP contribution >= 0.6 is 11.8 Å². The van der Waals surface area contributed by atoms with E-state index in [1.54, 1.807) is 0 Å². The molecular weight excluding hydrogens is 286 g/mol. The van der Waals surface area contributed by atoms with Crippen LogP contribution < -0.4 is 0 Å². The normalized spacial score (nSPS) is 42.3. The van der Waals surface area contributed by atoms with Gasteiger partial charge < -0.3 is 0 Å². The summed E-state index contributed by atoms with van der Waals surface area (Å²) in [5.41, 5.74) is 1.82. The zero-order valence-electron chi connectivity index (χ0n) is 14.3. The van der Waals surface area contributed by atoms with E-state index in [0.717, 1.165) is 11.8 Å². The molecule has 0 aliphatic heterocycles. The Morgan fingerprint density at radius 3 is 2.82 bits per heavy atom. The molecule has 120 valence electrons. The molecule has 2 heteroatoms. The van der Waals surface area contributed by atoms with E-state index in [9.17, 15) is 0 Å². The average molecular weight is 316 g/mol. The maximum atomic E-state index is 4.51. The van der Waals surface area contributed by atoms with Gasteiger partial charge in [0.15, 0.2) is 0 Å². The van der Waals surface area contributed by atoms with Gasteiger partial charge in [0, 0.05) is 11.9 Å². The van der Waals surface area contributed by atoms with Crippen LogP contribution in [0.25, 0.3) is 0 Å². The third-order valence-electron chi connectivity index (χ3n) is 8.06. The van der Waals surface area contributed by atoms with Gasteiger partial charge in [0.1, 0.15) is 0 Å². The Morgan fingerprint density at radius 1 is 1.23 bits per heavy atom. The molecule has 0 bridgehead atoms. The Kier molecular flexibility index (Phi) is 3.42. The van der Waals surface area contributed by atoms with Crippen molar-refractivity contribution in [2.45, 2.75) is 64.3 Å². The lowest BCUT2D eigenvalue weighted by Gasteiger charge is -2.46. The van der Waals surface area contributed by atoms with E-state index in [1.807, 2.05) is 24.0 Å². The first-order valence-corrected chi connectivity index (χ1v) is 10.0. The predicted octanol–water partition coefficient (Wildman–Crippen LogP) is 5.81. The fraction of sp³-hybridized carbons (Fsp3) is 0.750. The molecule has 1 aromatic heterocycles. The smallest absolute Gasteiger partial charge is 0.0959 e. The van der Waals surface area contributed by atoms with E-state index in [1.165, 1.54) is 49.3 Å². The number of hydrogen-bond acceptors (Lipinski definition) is 2. The highest BCUT2D eigenvalue weighted by Crippen LogP contribution is 2.80. The van der Waals surface area contributed by atoms with E-state index in [2.05, 4.69) is 37.9 Å². The van der Waals surface area contributed by atoms with E-state index >= 15 is 0 Å². The highest BCUT2D eigenvalue weighted by molar-refractivity contribution is 7.99. The van der Waals surface area contributed by atoms with Gasteiger partial charge in [-0.2, -0.15) is 0 Å². The van der Waals surface area contributed by atoms with Gasteiger partial charge in [0.05, 0.1) is 5.03 Å². The Morgan fingerprint density at radius 2 is 2.09 bits per heavy atom. The molecule has 3 fully saturated rings. The molecule has 1 nitrogen and oxygen atoms in total. The van der Waals surface area contributed by atoms with Crippen molar-refractivity contribution in [2.24, 2.45) is 28.1 Å². The van der Waals surface area contributed by atoms with Crippen LogP contribution in [-0.2, 0) is 0 Å². The maximum Gasteiger partial charge on any atom is 0.0959 e. The molecule has 0 saturated heterocycles. The fourth-order valence-corrected chi connectivity index (χ4v) is 8.00. The molecule has 4 atom stereocenters. The molecule has 3 saturated carbocycles. The summed E-state index contributed by atoms with van der Waals surface area (Å²) in [6, 6.07) is 6.28. The largest absolute Gasteiger partial charge is 0.250 e. The first-order valence-electron chi connectivity index (χ1n) is 9.06. The predicted molar refractivity (Wildman–Crippen MR) is 94.0 cm³/mol. The number of pyridine rings is 1. The Hall–Kier alpha value is -0.500. The number of thioether (sulfide) groups is 1. The van der Waals surface area contributed by atoms with Crippen LogP contribution in [0, 0.1) is 28.1 Å². The quantitative estimate of drug-likeness (QED) is 0.653. The molecule has 1 aromatic rings. The SMILES string of the molecule is CC1CC[C@]23CCC[C@]12CC(CSc1ccccn1)C3(C)C. The van der Waals surface area contributed by atoms with Gasteiger partial charge in [-0.1, -0.05) is 33.3 Å². The lowest BCUT2D eigenvalue weighted by atomic mass is 9.58. The average Bonchev–Trinajstić information content (AvgIpc) is 3.07. The minimum Gasteiger partial charge on any atom is -0.250 e. The molecule has 0 amide bonds. The third-order valence-corrected chi connectivity index (χ3v) is 9.17. The molecule has 4 rings (SSSR count). The zero-order chi connectivity index (χ0) is 15.4. The topological polar surface area (TPSA) is 12.9 Å². The number of nitrogens with zero attached hydrogens (tertiary/aromatic N) is 1. The van der Waals surface area contributed by atoms with Crippen molar-refractivity contribution in [2.75, 3.05) is 5.75 Å². The first-order chi connectivity index (χ1) is 10.5. The van der Waals surface area contributed by atoms with Crippen LogP contribution in [0.2, 0.25) is 0 Å². The van der Waals surface area contributed by atoms with Gasteiger partial charge in [-0.3, -0.25) is 0 Å². The van der Waals surface area contributed by atoms with Crippen LogP contribution in [0.4, 0.5) is 0 Å². The van der Waals surface area contributed by atoms with Crippen LogP contribution in [-0.4, -0.2) is 10.7 Å². The number of rotatable bonds is 3. The van der Waals surface area contributed by atoms with E-state index < -0.39 is 0 Å². The lowest BCUT2D eigenvalue weighted by molar-refractivity contribution is 0.0218. The van der Waals surface area contributed by atoms with Crippen molar-refractivity contribution >= 4 is 11.8 Å². The second-order valence-electron chi connectivity index (χ2n) is 8.63. The van der Waals surface area contributed by atoms with Crippen molar-refractivity contribution in [3.63, 3.8) is 0 Å². The summed E-state index contributed by atoms with van der Waals surface area (Å²) in [5, 5.41) is 1.20. The summed E-state index contributed by atoms with van der Waals surface area (Å²) in [6.45, 7) is 7.75. The van der Waals surface area contributed by atoms with Gasteiger partial charge in [-0.05, 0) is 72.3 Å². The summed E-state index contributed by atoms with van der Waals surface area (Å²) in [5.74, 6) is 3.04. The van der Waals surface area contributed by atoms with Crippen LogP contribution in [0.3, 0.4) is 0 Å². The zero-order valence-corrected chi connectivity index (χ0v) is 15.1. The molecule has 0 spiro atoms. The van der Waals surface area contributed by atoms with Crippen LogP contribution in [0.5, 0.6) is 0 Å². The maximum absolute atomic E-state index is 4.51. The van der Waals surface area contributed by atoms with Crippen molar-refractivity contribution in [3.8, 4) is 0 Å². The van der Waals surface area contributed by atoms with Gasteiger partial charge in [0.2, 0.25) is 0 Å². The standard InChI is InChI=1S/C20H29NS/c1-15-8-11-20-10-6-9-19(15,20)13-16(18(20,2)3)14-22-17-7-4-5-12-21-17/h4-5,7,12,15-16H,6,8-11,13-14H2,1-3H3/t15?,16?,19-,20-/m0/s1. The fourth-order valence-electron chi connectivity index (χ4n) is 6.78. The molecule has 1 heterocycles. The van der Waals surface area contributed by atoms with E-state index in [-0.39, 0.29) is 0 Å². The summed E-state index contributed by atoms with van der Waals surface area (Å²) in [4.78, 5) is 4.51. The monoisotopic (exact) mass is 315 g/mol. The summed E-state index contributed by atoms with van der Waals surface area (Å²) >= 11 is 1.98. The number of aromatic nitrogens is 1. The van der Waals surface area contributed by atoms with Gasteiger partial charge in [-0.25, -0.2) is 4.98 Å². The van der Waals surface area contributed by atoms with Crippen LogP contribution in [0.1, 0.15) is 59.3 Å². The van der Waals surface area contributed by atoms with Crippen molar-refractivity contribution in [1.29, 1.82) is 0 Å². The Bertz CT molecular complexity index is 554. The van der Waals surface area contributed by atoms with Crippen molar-refractivity contribution in [1.82, 2.24) is 4.98 Å². The van der Waals surface area contributed by atoms with Gasteiger partial charge >= 0.3 is 0 Å². The van der Waals surface area contributed by atoms with E-state index in [4.69, 9.17) is 0 Å². The minimum atomic E-state index is 0.496. The number of hydrogen-bond donors (Lipinski definition) is 0. The second-order valence-corrected chi connectivity index (χ2v) is 9.67. The highest BCUT2D eigenvalue weighted by atomic mass is 32.2. The van der Waals surface area contributed by atoms with Gasteiger partial charge in [-0.15, -0.1) is 11.8 Å². The molecule has 2 unspecified atom stereocenters. The van der Waals surface area contributed by atoms with Crippen molar-refractivity contribution < 1.29 is 0 Å². The third kappa shape index (κ3) is 1.76. The van der Waals surface area contributed by atoms with Gasteiger partial charge in [0.25, 0.3) is 0 Å². The second kappa shape index (κ2) is 5.00. The van der Waals surface area contributed by atoms with Crippen molar-refractivity contribution in [3.05, 3.63) is 24.4 Å². The van der Waals surface area contributed by atoms with E-state index in [0.29, 0.717) is 16.2 Å². The molecule has 22 heavy (non-hydrogen) atoms. The Labute approximate surface area is 139 Å². The first kappa shape index (κ1) is 15.1. The summed E-state index contributed by atoms with van der Waals surface area (Å²) in [6.07, 6.45) is 10.8. The summed E-state index contributed by atoms with van der Waals surface area (Å²) < 4.78 is 0. The summed E-state index contributed by atoms with van der Waals surface area (Å²) in [7, 11) is 0. The molecule has 0 N–H and O–H groups in total. The van der Waals surface area contributed by atoms with Crippen LogP contribution in [0.15, 0.2) is 29.4 Å². The highest BCUT2D eigenvalue weighted by Gasteiger charge is 2.72. The lowest BCUT2D eigenvalue weighted by Crippen LogP contribution is -2.40.